The number of pyridine rings is 1. The average molecular weight is 542 g/mol. The van der Waals surface area contributed by atoms with E-state index in [1.54, 1.807) is 26.5 Å². The van der Waals surface area contributed by atoms with Crippen LogP contribution in [0.3, 0.4) is 0 Å². The lowest BCUT2D eigenvalue weighted by Gasteiger charge is -2.22. The normalized spacial score (nSPS) is 13.5. The minimum absolute atomic E-state index is 0.228. The first-order valence-corrected chi connectivity index (χ1v) is 13.5. The number of methoxy groups -OCH3 is 2. The first-order valence-electron chi connectivity index (χ1n) is 13.0. The Kier molecular flexibility index (Phi) is 8.22. The van der Waals surface area contributed by atoms with E-state index in [0.717, 1.165) is 16.6 Å². The number of aromatic nitrogens is 1. The second-order valence-corrected chi connectivity index (χ2v) is 9.93. The lowest BCUT2D eigenvalue weighted by Crippen LogP contribution is -2.34. The number of carbonyl (C=O) groups excluding carboxylic acids is 1. The molecule has 3 aromatic carbocycles. The van der Waals surface area contributed by atoms with Gasteiger partial charge >= 0.3 is 0 Å². The number of hydrogen-bond donors (Lipinski definition) is 2. The summed E-state index contributed by atoms with van der Waals surface area (Å²) in [4.78, 5) is 17.1. The Morgan fingerprint density at radius 1 is 0.872 bits per heavy atom. The quantitative estimate of drug-likeness (QED) is 0.239. The van der Waals surface area contributed by atoms with Crippen molar-refractivity contribution >= 4 is 39.8 Å². The number of amides is 1. The van der Waals surface area contributed by atoms with Gasteiger partial charge in [-0.2, -0.15) is 0 Å². The van der Waals surface area contributed by atoms with E-state index in [9.17, 15) is 4.79 Å². The molecule has 0 aliphatic heterocycles. The molecule has 1 aromatic heterocycles. The van der Waals surface area contributed by atoms with Gasteiger partial charge in [-0.3, -0.25) is 15.1 Å². The number of ether oxygens (including phenoxy) is 3. The molecule has 0 saturated heterocycles. The van der Waals surface area contributed by atoms with Crippen LogP contribution in [0.25, 0.3) is 10.9 Å². The fourth-order valence-electron chi connectivity index (χ4n) is 4.95. The summed E-state index contributed by atoms with van der Waals surface area (Å²) in [6.45, 7) is 0. The molecular formula is C31H31N3O4S. The van der Waals surface area contributed by atoms with Crippen LogP contribution in [0, 0.1) is 0 Å². The van der Waals surface area contributed by atoms with Gasteiger partial charge in [-0.1, -0.05) is 31.4 Å². The van der Waals surface area contributed by atoms with Crippen molar-refractivity contribution < 1.29 is 19.0 Å². The van der Waals surface area contributed by atoms with Gasteiger partial charge in [-0.25, -0.2) is 0 Å². The minimum Gasteiger partial charge on any atom is -0.493 e. The van der Waals surface area contributed by atoms with Crippen LogP contribution in [0.2, 0.25) is 0 Å². The first kappa shape index (κ1) is 26.4. The summed E-state index contributed by atoms with van der Waals surface area (Å²) in [5.41, 5.74) is 3.36. The van der Waals surface area contributed by atoms with Gasteiger partial charge in [0, 0.05) is 28.9 Å². The van der Waals surface area contributed by atoms with Gasteiger partial charge < -0.3 is 19.5 Å². The predicted molar refractivity (Wildman–Crippen MR) is 157 cm³/mol. The van der Waals surface area contributed by atoms with E-state index in [-0.39, 0.29) is 11.0 Å². The Morgan fingerprint density at radius 3 is 2.26 bits per heavy atom. The van der Waals surface area contributed by atoms with E-state index < -0.39 is 0 Å². The second-order valence-electron chi connectivity index (χ2n) is 9.53. The highest BCUT2D eigenvalue weighted by Crippen LogP contribution is 2.37. The third-order valence-electron chi connectivity index (χ3n) is 7.02. The monoisotopic (exact) mass is 541 g/mol. The van der Waals surface area contributed by atoms with Crippen molar-refractivity contribution in [1.29, 1.82) is 0 Å². The van der Waals surface area contributed by atoms with E-state index in [1.165, 1.54) is 37.7 Å². The van der Waals surface area contributed by atoms with Gasteiger partial charge in [0.1, 0.15) is 11.5 Å². The van der Waals surface area contributed by atoms with Gasteiger partial charge in [0.15, 0.2) is 16.6 Å². The number of hydrogen-bond acceptors (Lipinski definition) is 6. The highest BCUT2D eigenvalue weighted by Gasteiger charge is 2.16. The zero-order chi connectivity index (χ0) is 27.2. The third-order valence-corrected chi connectivity index (χ3v) is 7.23. The van der Waals surface area contributed by atoms with Crippen molar-refractivity contribution in [3.05, 3.63) is 84.1 Å². The zero-order valence-corrected chi connectivity index (χ0v) is 22.8. The average Bonchev–Trinajstić information content (AvgIpc) is 2.98. The molecule has 0 radical (unpaired) electrons. The number of fused-ring (bicyclic) bond motifs is 1. The number of benzene rings is 3. The van der Waals surface area contributed by atoms with Crippen LogP contribution >= 0.6 is 12.2 Å². The summed E-state index contributed by atoms with van der Waals surface area (Å²) >= 11 is 5.37. The fraction of sp³-hybridized carbons (Fsp3) is 0.258. The summed E-state index contributed by atoms with van der Waals surface area (Å²) in [6.07, 6.45) is 8.03. The predicted octanol–water partition coefficient (Wildman–Crippen LogP) is 7.22. The van der Waals surface area contributed by atoms with Crippen LogP contribution in [0.4, 0.5) is 5.69 Å². The molecule has 0 bridgehead atoms. The molecule has 0 spiro atoms. The van der Waals surface area contributed by atoms with E-state index in [0.29, 0.717) is 34.5 Å². The molecule has 7 nitrogen and oxygen atoms in total. The maximum Gasteiger partial charge on any atom is 0.257 e. The molecule has 4 aromatic rings. The van der Waals surface area contributed by atoms with Crippen LogP contribution < -0.4 is 24.8 Å². The number of rotatable bonds is 7. The van der Waals surface area contributed by atoms with Crippen molar-refractivity contribution in [2.24, 2.45) is 0 Å². The van der Waals surface area contributed by atoms with Gasteiger partial charge in [0.2, 0.25) is 0 Å². The Bertz CT molecular complexity index is 1470. The summed E-state index contributed by atoms with van der Waals surface area (Å²) < 4.78 is 16.9. The van der Waals surface area contributed by atoms with Gasteiger partial charge in [-0.15, -0.1) is 0 Å². The summed E-state index contributed by atoms with van der Waals surface area (Å²) in [5, 5.41) is 6.84. The molecule has 1 fully saturated rings. The lowest BCUT2D eigenvalue weighted by molar-refractivity contribution is 0.0977. The van der Waals surface area contributed by atoms with Crippen molar-refractivity contribution in [1.82, 2.24) is 10.3 Å². The zero-order valence-electron chi connectivity index (χ0n) is 22.0. The van der Waals surface area contributed by atoms with Crippen LogP contribution in [0.5, 0.6) is 23.0 Å². The Labute approximate surface area is 233 Å². The smallest absolute Gasteiger partial charge is 0.257 e. The Balaban J connectivity index is 1.19. The SMILES string of the molecule is COc1cc2nccc(Oc3ccc(NC(=S)NC(=O)c4ccc(C5CCCCC5)cc4)cc3)c2cc1OC. The summed E-state index contributed by atoms with van der Waals surface area (Å²) in [7, 11) is 3.18. The summed E-state index contributed by atoms with van der Waals surface area (Å²) in [6, 6.07) is 20.7. The lowest BCUT2D eigenvalue weighted by atomic mass is 9.84. The number of nitrogens with one attached hydrogen (secondary N) is 2. The number of carbonyl (C=O) groups is 1. The van der Waals surface area contributed by atoms with Crippen molar-refractivity contribution in [3.63, 3.8) is 0 Å². The van der Waals surface area contributed by atoms with Gasteiger partial charge in [0.05, 0.1) is 19.7 Å². The molecule has 1 heterocycles. The first-order chi connectivity index (χ1) is 19.0. The van der Waals surface area contributed by atoms with E-state index in [2.05, 4.69) is 27.8 Å². The van der Waals surface area contributed by atoms with Crippen LogP contribution in [-0.4, -0.2) is 30.2 Å². The number of thiocarbonyl (C=S) groups is 1. The standard InChI is InChI=1S/C31H31N3O4S/c1-36-28-18-25-26(19-29(28)37-2)32-17-16-27(25)38-24-14-12-23(13-15-24)33-31(39)34-30(35)22-10-8-21(9-11-22)20-6-4-3-5-7-20/h8-20H,3-7H2,1-2H3,(H2,33,34,35,39). The van der Waals surface area contributed by atoms with Crippen LogP contribution in [-0.2, 0) is 0 Å². The molecule has 5 rings (SSSR count). The number of anilines is 1. The number of nitrogens with zero attached hydrogens (tertiary/aromatic N) is 1. The van der Waals surface area contributed by atoms with E-state index in [1.807, 2.05) is 48.5 Å². The van der Waals surface area contributed by atoms with Gasteiger partial charge in [-0.05, 0) is 85.1 Å². The van der Waals surface area contributed by atoms with Crippen molar-refractivity contribution in [3.8, 4) is 23.0 Å². The Hall–Kier alpha value is -4.17. The van der Waals surface area contributed by atoms with Gasteiger partial charge in [0.25, 0.3) is 5.91 Å². The Morgan fingerprint density at radius 2 is 1.56 bits per heavy atom. The molecule has 200 valence electrons. The molecule has 8 heteroatoms. The van der Waals surface area contributed by atoms with E-state index in [4.69, 9.17) is 26.4 Å². The van der Waals surface area contributed by atoms with Crippen LogP contribution in [0.15, 0.2) is 72.9 Å². The molecular weight excluding hydrogens is 510 g/mol. The topological polar surface area (TPSA) is 81.7 Å². The highest BCUT2D eigenvalue weighted by atomic mass is 32.1. The largest absolute Gasteiger partial charge is 0.493 e. The molecule has 1 saturated carbocycles. The molecule has 1 aliphatic rings. The maximum absolute atomic E-state index is 12.7. The van der Waals surface area contributed by atoms with Crippen molar-refractivity contribution in [2.45, 2.75) is 38.0 Å². The summed E-state index contributed by atoms with van der Waals surface area (Å²) in [5.74, 6) is 2.84. The third kappa shape index (κ3) is 6.29. The molecule has 0 atom stereocenters. The minimum atomic E-state index is -0.237. The van der Waals surface area contributed by atoms with Crippen molar-refractivity contribution in [2.75, 3.05) is 19.5 Å². The molecule has 2 N–H and O–H groups in total. The highest BCUT2D eigenvalue weighted by molar-refractivity contribution is 7.80. The maximum atomic E-state index is 12.7. The van der Waals surface area contributed by atoms with E-state index >= 15 is 0 Å². The molecule has 0 unspecified atom stereocenters. The van der Waals surface area contributed by atoms with Crippen LogP contribution in [0.1, 0.15) is 53.9 Å². The molecule has 39 heavy (non-hydrogen) atoms. The molecule has 1 amide bonds. The second kappa shape index (κ2) is 12.1. The molecule has 1 aliphatic carbocycles. The fourth-order valence-corrected chi connectivity index (χ4v) is 5.16.